The van der Waals surface area contributed by atoms with E-state index >= 15 is 0 Å². The maximum absolute atomic E-state index is 13.6. The number of benzene rings is 1. The number of ether oxygens (including phenoxy) is 1. The zero-order valence-electron chi connectivity index (χ0n) is 17.0. The normalized spacial score (nSPS) is 14.2. The molecule has 0 atom stereocenters. The number of esters is 1. The SMILES string of the molecule is CCOC(=O)C1CCN(C(=O)CN(C)C(=O)CNC(=O)c2ccc(F)cc2F)CC1. The molecule has 3 amide bonds. The Balaban J connectivity index is 1.78. The summed E-state index contributed by atoms with van der Waals surface area (Å²) in [6, 6.07) is 2.50. The van der Waals surface area contributed by atoms with Gasteiger partial charge in [-0.1, -0.05) is 0 Å². The largest absolute Gasteiger partial charge is 0.466 e. The van der Waals surface area contributed by atoms with Crippen molar-refractivity contribution in [3.8, 4) is 0 Å². The van der Waals surface area contributed by atoms with Crippen molar-refractivity contribution in [1.29, 1.82) is 0 Å². The van der Waals surface area contributed by atoms with E-state index in [1.165, 1.54) is 7.05 Å². The number of hydrogen-bond donors (Lipinski definition) is 1. The molecule has 1 heterocycles. The Hall–Kier alpha value is -3.04. The van der Waals surface area contributed by atoms with Crippen LogP contribution in [-0.4, -0.2) is 73.3 Å². The van der Waals surface area contributed by atoms with E-state index in [0.29, 0.717) is 38.6 Å². The van der Waals surface area contributed by atoms with Crippen molar-refractivity contribution >= 4 is 23.7 Å². The molecule has 10 heteroatoms. The number of piperidine rings is 1. The van der Waals surface area contributed by atoms with Gasteiger partial charge in [0.25, 0.3) is 5.91 Å². The number of likely N-dealkylation sites (N-methyl/N-ethyl adjacent to an activating group) is 1. The summed E-state index contributed by atoms with van der Waals surface area (Å²) in [6.07, 6.45) is 1.00. The molecule has 0 unspecified atom stereocenters. The van der Waals surface area contributed by atoms with E-state index < -0.39 is 30.0 Å². The van der Waals surface area contributed by atoms with Crippen molar-refractivity contribution in [2.45, 2.75) is 19.8 Å². The summed E-state index contributed by atoms with van der Waals surface area (Å²) in [6.45, 7) is 2.21. The van der Waals surface area contributed by atoms with Crippen LogP contribution in [0.1, 0.15) is 30.1 Å². The Morgan fingerprint density at radius 1 is 1.20 bits per heavy atom. The summed E-state index contributed by atoms with van der Waals surface area (Å²) >= 11 is 0. The van der Waals surface area contributed by atoms with Crippen LogP contribution in [0.2, 0.25) is 0 Å². The predicted octanol–water partition coefficient (Wildman–Crippen LogP) is 0.955. The van der Waals surface area contributed by atoms with Gasteiger partial charge in [0.2, 0.25) is 11.8 Å². The third kappa shape index (κ3) is 6.23. The van der Waals surface area contributed by atoms with Crippen molar-refractivity contribution in [2.24, 2.45) is 5.92 Å². The molecule has 1 aromatic rings. The monoisotopic (exact) mass is 425 g/mol. The molecule has 8 nitrogen and oxygen atoms in total. The maximum Gasteiger partial charge on any atom is 0.309 e. The second kappa shape index (κ2) is 10.7. The third-order valence-electron chi connectivity index (χ3n) is 4.84. The number of rotatable bonds is 7. The van der Waals surface area contributed by atoms with E-state index in [9.17, 15) is 28.0 Å². The fourth-order valence-corrected chi connectivity index (χ4v) is 3.08. The molecule has 1 fully saturated rings. The van der Waals surface area contributed by atoms with Gasteiger partial charge in [0.1, 0.15) is 11.6 Å². The first-order valence-corrected chi connectivity index (χ1v) is 9.64. The van der Waals surface area contributed by atoms with Crippen LogP contribution in [0.4, 0.5) is 8.78 Å². The molecule has 1 aliphatic rings. The second-order valence-electron chi connectivity index (χ2n) is 6.96. The molecule has 1 aromatic carbocycles. The number of carbonyl (C=O) groups excluding carboxylic acids is 4. The van der Waals surface area contributed by atoms with Gasteiger partial charge in [0.15, 0.2) is 0 Å². The number of halogens is 2. The van der Waals surface area contributed by atoms with E-state index in [4.69, 9.17) is 4.74 Å². The van der Waals surface area contributed by atoms with E-state index in [0.717, 1.165) is 17.0 Å². The molecule has 0 saturated carbocycles. The molecule has 0 aliphatic carbocycles. The zero-order chi connectivity index (χ0) is 22.3. The number of carbonyl (C=O) groups is 4. The van der Waals surface area contributed by atoms with E-state index in [1.54, 1.807) is 11.8 Å². The molecule has 0 radical (unpaired) electrons. The van der Waals surface area contributed by atoms with Crippen LogP contribution in [0.15, 0.2) is 18.2 Å². The van der Waals surface area contributed by atoms with Gasteiger partial charge in [-0.05, 0) is 31.9 Å². The highest BCUT2D eigenvalue weighted by Gasteiger charge is 2.29. The molecular weight excluding hydrogens is 400 g/mol. The molecule has 0 aromatic heterocycles. The second-order valence-corrected chi connectivity index (χ2v) is 6.96. The van der Waals surface area contributed by atoms with E-state index in [1.807, 2.05) is 0 Å². The molecular formula is C20H25F2N3O5. The van der Waals surface area contributed by atoms with Gasteiger partial charge < -0.3 is 19.9 Å². The Kier molecular flexibility index (Phi) is 8.25. The van der Waals surface area contributed by atoms with Gasteiger partial charge in [-0.2, -0.15) is 0 Å². The number of nitrogens with zero attached hydrogens (tertiary/aromatic N) is 2. The smallest absolute Gasteiger partial charge is 0.309 e. The fourth-order valence-electron chi connectivity index (χ4n) is 3.08. The van der Waals surface area contributed by atoms with Gasteiger partial charge in [-0.15, -0.1) is 0 Å². The standard InChI is InChI=1S/C20H25F2N3O5/c1-3-30-20(29)13-6-8-25(9-7-13)18(27)12-24(2)17(26)11-23-19(28)15-5-4-14(21)10-16(15)22/h4-5,10,13H,3,6-9,11-12H2,1-2H3,(H,23,28). The van der Waals surface area contributed by atoms with Gasteiger partial charge in [-0.25, -0.2) is 8.78 Å². The van der Waals surface area contributed by atoms with Crippen molar-refractivity contribution in [3.63, 3.8) is 0 Å². The van der Waals surface area contributed by atoms with Crippen molar-refractivity contribution in [2.75, 3.05) is 39.8 Å². The lowest BCUT2D eigenvalue weighted by atomic mass is 9.97. The van der Waals surface area contributed by atoms with Crippen LogP contribution < -0.4 is 5.32 Å². The lowest BCUT2D eigenvalue weighted by Crippen LogP contribution is -2.47. The Morgan fingerprint density at radius 3 is 2.47 bits per heavy atom. The first kappa shape index (κ1) is 23.2. The average Bonchev–Trinajstić information content (AvgIpc) is 2.71. The van der Waals surface area contributed by atoms with Crippen LogP contribution in [0.5, 0.6) is 0 Å². The highest BCUT2D eigenvalue weighted by atomic mass is 19.1. The summed E-state index contributed by atoms with van der Waals surface area (Å²) in [7, 11) is 1.41. The average molecular weight is 425 g/mol. The topological polar surface area (TPSA) is 96.0 Å². The van der Waals surface area contributed by atoms with Gasteiger partial charge in [-0.3, -0.25) is 19.2 Å². The minimum Gasteiger partial charge on any atom is -0.466 e. The summed E-state index contributed by atoms with van der Waals surface area (Å²) < 4.78 is 31.5. The molecule has 30 heavy (non-hydrogen) atoms. The lowest BCUT2D eigenvalue weighted by Gasteiger charge is -2.32. The highest BCUT2D eigenvalue weighted by Crippen LogP contribution is 2.19. The van der Waals surface area contributed by atoms with Crippen LogP contribution in [0, 0.1) is 17.6 Å². The zero-order valence-corrected chi connectivity index (χ0v) is 17.0. The van der Waals surface area contributed by atoms with Gasteiger partial charge in [0.05, 0.1) is 31.2 Å². The first-order chi connectivity index (χ1) is 14.2. The summed E-state index contributed by atoms with van der Waals surface area (Å²) in [5.74, 6) is -4.01. The van der Waals surface area contributed by atoms with E-state index in [-0.39, 0.29) is 29.9 Å². The van der Waals surface area contributed by atoms with Crippen molar-refractivity contribution < 1.29 is 32.7 Å². The summed E-state index contributed by atoms with van der Waals surface area (Å²) in [5, 5.41) is 2.25. The van der Waals surface area contributed by atoms with Crippen molar-refractivity contribution in [3.05, 3.63) is 35.4 Å². The van der Waals surface area contributed by atoms with Crippen LogP contribution in [0.25, 0.3) is 0 Å². The van der Waals surface area contributed by atoms with Crippen LogP contribution >= 0.6 is 0 Å². The maximum atomic E-state index is 13.6. The van der Waals surface area contributed by atoms with Gasteiger partial charge >= 0.3 is 5.97 Å². The minimum atomic E-state index is -1.03. The Labute approximate surface area is 173 Å². The molecule has 2 rings (SSSR count). The minimum absolute atomic E-state index is 0.191. The van der Waals surface area contributed by atoms with Crippen LogP contribution in [0.3, 0.4) is 0 Å². The lowest BCUT2D eigenvalue weighted by molar-refractivity contribution is -0.151. The number of likely N-dealkylation sites (tertiary alicyclic amines) is 1. The van der Waals surface area contributed by atoms with E-state index in [2.05, 4.69) is 5.32 Å². The molecule has 164 valence electrons. The number of nitrogens with one attached hydrogen (secondary N) is 1. The molecule has 0 bridgehead atoms. The number of amides is 3. The number of hydrogen-bond acceptors (Lipinski definition) is 5. The fraction of sp³-hybridized carbons (Fsp3) is 0.500. The molecule has 1 aliphatic heterocycles. The third-order valence-corrected chi connectivity index (χ3v) is 4.84. The molecule has 1 N–H and O–H groups in total. The summed E-state index contributed by atoms with van der Waals surface area (Å²) in [5.41, 5.74) is -0.382. The first-order valence-electron chi connectivity index (χ1n) is 9.64. The molecule has 1 saturated heterocycles. The van der Waals surface area contributed by atoms with Crippen molar-refractivity contribution in [1.82, 2.24) is 15.1 Å². The van der Waals surface area contributed by atoms with Gasteiger partial charge in [0, 0.05) is 26.2 Å². The Bertz CT molecular complexity index is 810. The summed E-state index contributed by atoms with van der Waals surface area (Å²) in [4.78, 5) is 51.0. The molecule has 0 spiro atoms. The highest BCUT2D eigenvalue weighted by molar-refractivity contribution is 5.97. The predicted molar refractivity (Wildman–Crippen MR) is 102 cm³/mol. The van der Waals surface area contributed by atoms with Crippen LogP contribution in [-0.2, 0) is 19.1 Å². The quantitative estimate of drug-likeness (QED) is 0.657. The Morgan fingerprint density at radius 2 is 1.87 bits per heavy atom.